The molecule has 0 radical (unpaired) electrons. The number of terminal acetylenes is 1. The van der Waals surface area contributed by atoms with E-state index in [4.69, 9.17) is 11.2 Å². The van der Waals surface area contributed by atoms with Gasteiger partial charge in [0.05, 0.1) is 0 Å². The number of hydrogen-bond donors (Lipinski definition) is 0. The molecule has 0 aromatic heterocycles. The Labute approximate surface area is 187 Å². The van der Waals surface area contributed by atoms with Crippen LogP contribution < -0.4 is 0 Å². The van der Waals surface area contributed by atoms with Gasteiger partial charge in [-0.05, 0) is 25.3 Å². The molecule has 3 rings (SSSR count). The summed E-state index contributed by atoms with van der Waals surface area (Å²) in [4.78, 5) is 37.2. The van der Waals surface area contributed by atoms with Crippen molar-refractivity contribution in [3.8, 4) is 12.3 Å². The molecule has 2 unspecified atom stereocenters. The van der Waals surface area contributed by atoms with E-state index >= 15 is 0 Å². The van der Waals surface area contributed by atoms with Gasteiger partial charge in [-0.25, -0.2) is 12.1 Å². The molecule has 4 nitrogen and oxygen atoms in total. The van der Waals surface area contributed by atoms with Crippen LogP contribution in [0, 0.1) is 12.3 Å². The van der Waals surface area contributed by atoms with Gasteiger partial charge in [-0.15, -0.1) is 12.0 Å². The van der Waals surface area contributed by atoms with Gasteiger partial charge in [-0.3, -0.25) is 14.4 Å². The maximum atomic E-state index is 13.0. The average Bonchev–Trinajstić information content (AvgIpc) is 3.46. The number of esters is 1. The maximum Gasteiger partial charge on any atom is 0.318 e. The molecule has 0 fully saturated rings. The zero-order chi connectivity index (χ0) is 21.3. The fraction of sp³-hybridized carbons (Fsp3) is 0.160. The number of hydrogen-bond acceptors (Lipinski definition) is 4. The molecule has 0 aliphatic carbocycles. The molecule has 0 spiro atoms. The van der Waals surface area contributed by atoms with Crippen LogP contribution >= 0.6 is 0 Å². The molecular formula is C25H22FeO4-6. The fourth-order valence-electron chi connectivity index (χ4n) is 2.83. The Bertz CT molecular complexity index is 949. The van der Waals surface area contributed by atoms with Crippen molar-refractivity contribution in [2.24, 2.45) is 0 Å². The summed E-state index contributed by atoms with van der Waals surface area (Å²) in [6.45, 7) is 2.77. The number of benzene rings is 1. The van der Waals surface area contributed by atoms with Crippen molar-refractivity contribution < 1.29 is 36.2 Å². The second kappa shape index (κ2) is 11.7. The third-order valence-corrected chi connectivity index (χ3v) is 4.49. The van der Waals surface area contributed by atoms with Gasteiger partial charge in [-0.2, -0.15) is 12.1 Å². The summed E-state index contributed by atoms with van der Waals surface area (Å²) in [7, 11) is 0. The van der Waals surface area contributed by atoms with E-state index in [1.165, 1.54) is 13.8 Å². The minimum Gasteiger partial charge on any atom is -0.748 e. The molecule has 0 heterocycles. The molecule has 0 saturated heterocycles. The molecular weight excluding hydrogens is 420 g/mol. The van der Waals surface area contributed by atoms with Crippen LogP contribution in [0.25, 0.3) is 0 Å². The number of rotatable bonds is 6. The van der Waals surface area contributed by atoms with E-state index in [2.05, 4.69) is 5.92 Å². The standard InChI is InChI=1S/C20H17O4.C5H5.Fe/c1-4-18(22)20(17-12-8-9-13-17,16-10-6-5-7-11-16)19(23)24-15(3)14(2)21;1-2-4-5-3-1;/h1,5-13,15H,2-3H3;1-5H;/q-1;-5;. The SMILES string of the molecule is C#CC(=O)C(C(=O)OC(C)C(C)=O)(c1ccccc1)[c-]1cccc1.[Fe].[cH-]1[cH-][cH-][cH-][cH-]1. The molecule has 3 aromatic carbocycles. The molecule has 0 saturated carbocycles. The van der Waals surface area contributed by atoms with Gasteiger partial charge in [0.1, 0.15) is 5.41 Å². The van der Waals surface area contributed by atoms with Crippen molar-refractivity contribution in [2.75, 3.05) is 0 Å². The van der Waals surface area contributed by atoms with Crippen molar-refractivity contribution in [2.45, 2.75) is 25.4 Å². The van der Waals surface area contributed by atoms with E-state index in [1.54, 1.807) is 54.6 Å². The first-order chi connectivity index (χ1) is 13.9. The summed E-state index contributed by atoms with van der Waals surface area (Å²) in [6.07, 6.45) is 4.38. The Hall–Kier alpha value is -3.19. The molecule has 0 aliphatic heterocycles. The van der Waals surface area contributed by atoms with Crippen LogP contribution in [0.1, 0.15) is 25.0 Å². The van der Waals surface area contributed by atoms with Crippen LogP contribution in [-0.4, -0.2) is 23.6 Å². The Kier molecular flexibility index (Phi) is 9.71. The number of ketones is 2. The summed E-state index contributed by atoms with van der Waals surface area (Å²) < 4.78 is 5.27. The number of carbonyl (C=O) groups excluding carboxylic acids is 3. The summed E-state index contributed by atoms with van der Waals surface area (Å²) in [5, 5.41) is 0. The maximum absolute atomic E-state index is 13.0. The first-order valence-corrected chi connectivity index (χ1v) is 9.11. The number of Topliss-reactive ketones (excluding diaryl/α,β-unsaturated/α-hetero) is 2. The van der Waals surface area contributed by atoms with E-state index < -0.39 is 23.3 Å². The van der Waals surface area contributed by atoms with Crippen molar-refractivity contribution in [3.63, 3.8) is 0 Å². The van der Waals surface area contributed by atoms with E-state index in [9.17, 15) is 14.4 Å². The summed E-state index contributed by atoms with van der Waals surface area (Å²) in [5.41, 5.74) is -0.972. The van der Waals surface area contributed by atoms with Crippen molar-refractivity contribution in [1.82, 2.24) is 0 Å². The van der Waals surface area contributed by atoms with Gasteiger partial charge in [0.2, 0.25) is 5.78 Å². The van der Waals surface area contributed by atoms with Gasteiger partial charge in [0.25, 0.3) is 0 Å². The van der Waals surface area contributed by atoms with Gasteiger partial charge < -0.3 is 35.1 Å². The fourth-order valence-corrected chi connectivity index (χ4v) is 2.83. The second-order valence-corrected chi connectivity index (χ2v) is 6.38. The van der Waals surface area contributed by atoms with E-state index in [-0.39, 0.29) is 22.9 Å². The van der Waals surface area contributed by atoms with Crippen LogP contribution in [0.3, 0.4) is 0 Å². The van der Waals surface area contributed by atoms with Crippen molar-refractivity contribution in [1.29, 1.82) is 0 Å². The van der Waals surface area contributed by atoms with Gasteiger partial charge >= 0.3 is 5.97 Å². The quantitative estimate of drug-likeness (QED) is 0.146. The van der Waals surface area contributed by atoms with Crippen LogP contribution in [0.4, 0.5) is 0 Å². The minimum absolute atomic E-state index is 0. The third-order valence-electron chi connectivity index (χ3n) is 4.49. The Morgan fingerprint density at radius 1 is 1.00 bits per heavy atom. The Balaban J connectivity index is 0.000000655. The van der Waals surface area contributed by atoms with Crippen LogP contribution in [0.15, 0.2) is 84.9 Å². The predicted octanol–water partition coefficient (Wildman–Crippen LogP) is 3.82. The van der Waals surface area contributed by atoms with Gasteiger partial charge in [-0.1, -0.05) is 30.3 Å². The van der Waals surface area contributed by atoms with Crippen molar-refractivity contribution in [3.05, 3.63) is 96.1 Å². The van der Waals surface area contributed by atoms with E-state index in [0.717, 1.165) is 0 Å². The van der Waals surface area contributed by atoms with E-state index in [1.807, 2.05) is 30.3 Å². The van der Waals surface area contributed by atoms with Gasteiger partial charge in [0, 0.05) is 17.1 Å². The van der Waals surface area contributed by atoms with Crippen LogP contribution in [-0.2, 0) is 41.6 Å². The van der Waals surface area contributed by atoms with E-state index in [0.29, 0.717) is 11.1 Å². The first kappa shape index (κ1) is 24.8. The summed E-state index contributed by atoms with van der Waals surface area (Å²) >= 11 is 0. The topological polar surface area (TPSA) is 60.4 Å². The summed E-state index contributed by atoms with van der Waals surface area (Å²) in [5.74, 6) is 0.141. The van der Waals surface area contributed by atoms with Gasteiger partial charge in [0.15, 0.2) is 11.9 Å². The largest absolute Gasteiger partial charge is 0.748 e. The molecule has 2 atom stereocenters. The molecule has 160 valence electrons. The molecule has 0 amide bonds. The number of carbonyl (C=O) groups is 3. The smallest absolute Gasteiger partial charge is 0.318 e. The molecule has 0 N–H and O–H groups in total. The molecule has 0 bridgehead atoms. The normalized spacial score (nSPS) is 12.6. The molecule has 5 heteroatoms. The first-order valence-electron chi connectivity index (χ1n) is 9.11. The zero-order valence-electron chi connectivity index (χ0n) is 16.7. The molecule has 30 heavy (non-hydrogen) atoms. The Morgan fingerprint density at radius 3 is 1.93 bits per heavy atom. The van der Waals surface area contributed by atoms with Crippen molar-refractivity contribution >= 4 is 17.5 Å². The number of ether oxygens (including phenoxy) is 1. The van der Waals surface area contributed by atoms with Crippen LogP contribution in [0.2, 0.25) is 0 Å². The zero-order valence-corrected chi connectivity index (χ0v) is 17.8. The second-order valence-electron chi connectivity index (χ2n) is 6.38. The molecule has 0 aliphatic rings. The summed E-state index contributed by atoms with van der Waals surface area (Å²) in [6, 6.07) is 25.2. The third kappa shape index (κ3) is 5.45. The Morgan fingerprint density at radius 2 is 1.50 bits per heavy atom. The minimum atomic E-state index is -1.79. The average molecular weight is 442 g/mol. The molecule has 3 aromatic rings. The predicted molar refractivity (Wildman–Crippen MR) is 111 cm³/mol. The monoisotopic (exact) mass is 442 g/mol. The van der Waals surface area contributed by atoms with Crippen LogP contribution in [0.5, 0.6) is 0 Å².